The third-order valence-corrected chi connectivity index (χ3v) is 7.27. The highest BCUT2D eigenvalue weighted by molar-refractivity contribution is 5.95. The van der Waals surface area contributed by atoms with Gasteiger partial charge in [-0.05, 0) is 55.8 Å². The first-order valence-corrected chi connectivity index (χ1v) is 13.8. The fourth-order valence-electron chi connectivity index (χ4n) is 5.18. The van der Waals surface area contributed by atoms with E-state index in [0.29, 0.717) is 31.1 Å². The number of nitrogens with zero attached hydrogens (tertiary/aromatic N) is 4. The zero-order chi connectivity index (χ0) is 27.0. The summed E-state index contributed by atoms with van der Waals surface area (Å²) in [6.45, 7) is 7.42. The van der Waals surface area contributed by atoms with Gasteiger partial charge in [-0.2, -0.15) is 4.98 Å². The SMILES string of the molecule is CCOC(=O)OCN1C(=O)CCc2ccc(OCCCCN3CCN(c4cccc5ccccc45)CC3)nc21. The van der Waals surface area contributed by atoms with Gasteiger partial charge >= 0.3 is 6.16 Å². The first-order valence-electron chi connectivity index (χ1n) is 13.8. The van der Waals surface area contributed by atoms with Crippen LogP contribution in [0, 0.1) is 0 Å². The molecule has 9 heteroatoms. The second kappa shape index (κ2) is 12.8. The molecule has 1 aromatic heterocycles. The van der Waals surface area contributed by atoms with Gasteiger partial charge in [-0.25, -0.2) is 4.79 Å². The van der Waals surface area contributed by atoms with Gasteiger partial charge in [-0.3, -0.25) is 14.6 Å². The molecule has 0 atom stereocenters. The van der Waals surface area contributed by atoms with Crippen molar-refractivity contribution in [1.29, 1.82) is 0 Å². The van der Waals surface area contributed by atoms with Gasteiger partial charge in [0.1, 0.15) is 5.82 Å². The molecule has 1 amide bonds. The van der Waals surface area contributed by atoms with E-state index in [0.717, 1.165) is 51.1 Å². The summed E-state index contributed by atoms with van der Waals surface area (Å²) in [5, 5.41) is 2.61. The fourth-order valence-corrected chi connectivity index (χ4v) is 5.18. The molecule has 0 saturated carbocycles. The summed E-state index contributed by atoms with van der Waals surface area (Å²) in [5.74, 6) is 0.808. The quantitative estimate of drug-likeness (QED) is 0.276. The maximum Gasteiger partial charge on any atom is 0.510 e. The third-order valence-electron chi connectivity index (χ3n) is 7.27. The number of carbonyl (C=O) groups excluding carboxylic acids is 2. The van der Waals surface area contributed by atoms with Gasteiger partial charge < -0.3 is 19.1 Å². The van der Waals surface area contributed by atoms with Gasteiger partial charge in [-0.15, -0.1) is 0 Å². The number of amides is 1. The van der Waals surface area contributed by atoms with Gasteiger partial charge in [0.25, 0.3) is 0 Å². The molecule has 0 N–H and O–H groups in total. The molecule has 0 aliphatic carbocycles. The summed E-state index contributed by atoms with van der Waals surface area (Å²) in [4.78, 5) is 35.0. The van der Waals surface area contributed by atoms with Gasteiger partial charge in [0, 0.05) is 49.7 Å². The van der Waals surface area contributed by atoms with Crippen molar-refractivity contribution in [2.24, 2.45) is 0 Å². The molecule has 0 radical (unpaired) electrons. The van der Waals surface area contributed by atoms with Crippen molar-refractivity contribution < 1.29 is 23.8 Å². The lowest BCUT2D eigenvalue weighted by atomic mass is 10.1. The Bertz CT molecular complexity index is 1290. The Kier molecular flexibility index (Phi) is 8.78. The largest absolute Gasteiger partial charge is 0.510 e. The number of rotatable bonds is 10. The number of aryl methyl sites for hydroxylation is 1. The predicted molar refractivity (Wildman–Crippen MR) is 150 cm³/mol. The molecule has 206 valence electrons. The van der Waals surface area contributed by atoms with Gasteiger partial charge in [0.15, 0.2) is 6.73 Å². The van der Waals surface area contributed by atoms with E-state index in [4.69, 9.17) is 14.2 Å². The number of pyridine rings is 1. The van der Waals surface area contributed by atoms with Crippen LogP contribution < -0.4 is 14.5 Å². The molecule has 0 spiro atoms. The van der Waals surface area contributed by atoms with E-state index in [9.17, 15) is 9.59 Å². The van der Waals surface area contributed by atoms with Crippen molar-refractivity contribution in [3.8, 4) is 5.88 Å². The summed E-state index contributed by atoms with van der Waals surface area (Å²) in [5.41, 5.74) is 2.25. The Hall–Kier alpha value is -3.85. The van der Waals surface area contributed by atoms with Crippen molar-refractivity contribution in [3.05, 3.63) is 60.2 Å². The van der Waals surface area contributed by atoms with Crippen molar-refractivity contribution in [3.63, 3.8) is 0 Å². The molecule has 2 aliphatic rings. The van der Waals surface area contributed by atoms with E-state index in [1.807, 2.05) is 12.1 Å². The minimum Gasteiger partial charge on any atom is -0.478 e. The predicted octanol–water partition coefficient (Wildman–Crippen LogP) is 4.63. The molecule has 5 rings (SSSR count). The maximum atomic E-state index is 12.5. The number of anilines is 2. The van der Waals surface area contributed by atoms with Crippen molar-refractivity contribution in [1.82, 2.24) is 9.88 Å². The zero-order valence-corrected chi connectivity index (χ0v) is 22.5. The Balaban J connectivity index is 1.06. The molecule has 3 aromatic rings. The standard InChI is InChI=1S/C30H36N4O5/c1-2-37-30(36)39-22-34-28(35)15-13-24-12-14-27(31-29(24)34)38-21-6-5-16-32-17-19-33(20-18-32)26-11-7-9-23-8-3-4-10-25(23)26/h3-4,7-12,14H,2,5-6,13,15-22H2,1H3. The van der Waals surface area contributed by atoms with Crippen molar-refractivity contribution in [2.75, 3.05) is 62.5 Å². The number of hydrogen-bond acceptors (Lipinski definition) is 8. The average molecular weight is 533 g/mol. The zero-order valence-electron chi connectivity index (χ0n) is 22.5. The molecule has 2 aromatic carbocycles. The lowest BCUT2D eigenvalue weighted by Gasteiger charge is -2.36. The molecule has 2 aliphatic heterocycles. The maximum absolute atomic E-state index is 12.5. The summed E-state index contributed by atoms with van der Waals surface area (Å²) in [6, 6.07) is 18.9. The van der Waals surface area contributed by atoms with Crippen LogP contribution in [0.2, 0.25) is 0 Å². The number of fused-ring (bicyclic) bond motifs is 2. The van der Waals surface area contributed by atoms with E-state index in [2.05, 4.69) is 57.2 Å². The summed E-state index contributed by atoms with van der Waals surface area (Å²) < 4.78 is 15.8. The highest BCUT2D eigenvalue weighted by Crippen LogP contribution is 2.29. The van der Waals surface area contributed by atoms with Crippen LogP contribution in [-0.2, 0) is 20.7 Å². The van der Waals surface area contributed by atoms with Crippen LogP contribution in [0.3, 0.4) is 0 Å². The number of unbranched alkanes of at least 4 members (excludes halogenated alkanes) is 1. The van der Waals surface area contributed by atoms with Gasteiger partial charge in [0.2, 0.25) is 11.8 Å². The van der Waals surface area contributed by atoms with Crippen LogP contribution in [0.4, 0.5) is 16.3 Å². The molecule has 3 heterocycles. The van der Waals surface area contributed by atoms with E-state index in [1.165, 1.54) is 21.4 Å². The van der Waals surface area contributed by atoms with Crippen molar-refractivity contribution in [2.45, 2.75) is 32.6 Å². The first kappa shape index (κ1) is 26.7. The normalized spacial score (nSPS) is 15.8. The van der Waals surface area contributed by atoms with E-state index >= 15 is 0 Å². The topological polar surface area (TPSA) is 84.4 Å². The van der Waals surface area contributed by atoms with Crippen LogP contribution in [0.15, 0.2) is 54.6 Å². The molecule has 1 saturated heterocycles. The highest BCUT2D eigenvalue weighted by Gasteiger charge is 2.27. The van der Waals surface area contributed by atoms with Crippen molar-refractivity contribution >= 4 is 34.3 Å². The molecule has 9 nitrogen and oxygen atoms in total. The molecule has 39 heavy (non-hydrogen) atoms. The highest BCUT2D eigenvalue weighted by atomic mass is 16.7. The third kappa shape index (κ3) is 6.60. The average Bonchev–Trinajstić information content (AvgIpc) is 2.96. The Morgan fingerprint density at radius 2 is 1.74 bits per heavy atom. The summed E-state index contributed by atoms with van der Waals surface area (Å²) >= 11 is 0. The minimum atomic E-state index is -0.806. The lowest BCUT2D eigenvalue weighted by Crippen LogP contribution is -2.46. The van der Waals surface area contributed by atoms with Crippen LogP contribution in [0.25, 0.3) is 10.8 Å². The monoisotopic (exact) mass is 532 g/mol. The van der Waals surface area contributed by atoms with Gasteiger partial charge in [-0.1, -0.05) is 36.4 Å². The molecule has 0 unspecified atom stereocenters. The Labute approximate surface area is 229 Å². The van der Waals surface area contributed by atoms with E-state index in [1.54, 1.807) is 6.92 Å². The van der Waals surface area contributed by atoms with Crippen LogP contribution in [0.1, 0.15) is 31.7 Å². The molecular formula is C30H36N4O5. The summed E-state index contributed by atoms with van der Waals surface area (Å²) in [6.07, 6.45) is 2.09. The molecule has 1 fully saturated rings. The van der Waals surface area contributed by atoms with E-state index < -0.39 is 6.16 Å². The Morgan fingerprint density at radius 3 is 2.59 bits per heavy atom. The van der Waals surface area contributed by atoms with E-state index in [-0.39, 0.29) is 19.2 Å². The van der Waals surface area contributed by atoms with Gasteiger partial charge in [0.05, 0.1) is 13.2 Å². The fraction of sp³-hybridized carbons (Fsp3) is 0.433. The number of ether oxygens (including phenoxy) is 3. The van der Waals surface area contributed by atoms with Crippen LogP contribution in [-0.4, -0.2) is 74.6 Å². The second-order valence-electron chi connectivity index (χ2n) is 9.79. The first-order chi connectivity index (χ1) is 19.1. The molecule has 0 bridgehead atoms. The lowest BCUT2D eigenvalue weighted by molar-refractivity contribution is -0.119. The minimum absolute atomic E-state index is 0.142. The number of carbonyl (C=O) groups is 2. The number of benzene rings is 2. The van der Waals surface area contributed by atoms with Crippen LogP contribution in [0.5, 0.6) is 5.88 Å². The number of aromatic nitrogens is 1. The summed E-state index contributed by atoms with van der Waals surface area (Å²) in [7, 11) is 0. The smallest absolute Gasteiger partial charge is 0.478 e. The second-order valence-corrected chi connectivity index (χ2v) is 9.79. The van der Waals surface area contributed by atoms with Crippen LogP contribution >= 0.6 is 0 Å². The number of hydrogen-bond donors (Lipinski definition) is 0. The number of piperazine rings is 1. The molecular weight excluding hydrogens is 496 g/mol. The Morgan fingerprint density at radius 1 is 0.923 bits per heavy atom.